The zero-order chi connectivity index (χ0) is 25.4. The molecular weight excluding hydrogens is 510 g/mol. The van der Waals surface area contributed by atoms with Gasteiger partial charge in [0.2, 0.25) is 15.9 Å². The van der Waals surface area contributed by atoms with Crippen molar-refractivity contribution in [1.29, 1.82) is 0 Å². The molecule has 0 unspecified atom stereocenters. The van der Waals surface area contributed by atoms with E-state index in [1.165, 1.54) is 41.7 Å². The molecule has 1 amide bonds. The summed E-state index contributed by atoms with van der Waals surface area (Å²) in [4.78, 5) is 25.7. The third-order valence-corrected chi connectivity index (χ3v) is 7.54. The van der Waals surface area contributed by atoms with Crippen LogP contribution in [0, 0.1) is 22.5 Å². The first kappa shape index (κ1) is 26.4. The van der Waals surface area contributed by atoms with E-state index in [4.69, 9.17) is 18.0 Å². The second kappa shape index (κ2) is 12.0. The van der Waals surface area contributed by atoms with Gasteiger partial charge in [0.1, 0.15) is 0 Å². The fraction of sp³-hybridized carbons (Fsp3) is 0.208. The maximum Gasteiger partial charge on any atom is 0.274 e. The van der Waals surface area contributed by atoms with E-state index < -0.39 is 14.9 Å². The number of carbonyl (C=O) groups excluding carboxylic acids is 1. The summed E-state index contributed by atoms with van der Waals surface area (Å²) in [6, 6.07) is 12.4. The first-order valence-electron chi connectivity index (χ1n) is 10.4. The van der Waals surface area contributed by atoms with E-state index in [9.17, 15) is 23.3 Å². The highest BCUT2D eigenvalue weighted by molar-refractivity contribution is 7.89. The minimum absolute atomic E-state index is 0.0162. The van der Waals surface area contributed by atoms with E-state index in [0.29, 0.717) is 17.0 Å². The number of rotatable bonds is 11. The summed E-state index contributed by atoms with van der Waals surface area (Å²) in [5, 5.41) is 15.6. The van der Waals surface area contributed by atoms with E-state index in [0.717, 1.165) is 11.1 Å². The van der Waals surface area contributed by atoms with Crippen molar-refractivity contribution in [2.45, 2.75) is 24.3 Å². The molecule has 3 rings (SSSR count). The molecule has 0 atom stereocenters. The zero-order valence-corrected chi connectivity index (χ0v) is 20.9. The third kappa shape index (κ3) is 7.37. The molecule has 1 heterocycles. The number of thiophene rings is 1. The lowest BCUT2D eigenvalue weighted by Crippen LogP contribution is -2.34. The fourth-order valence-corrected chi connectivity index (χ4v) is 5.15. The van der Waals surface area contributed by atoms with E-state index in [1.54, 1.807) is 17.0 Å². The van der Waals surface area contributed by atoms with Gasteiger partial charge < -0.3 is 4.90 Å². The number of nitro benzene ring substituents is 1. The first-order chi connectivity index (χ1) is 16.7. The molecule has 182 valence electrons. The number of benzene rings is 2. The summed E-state index contributed by atoms with van der Waals surface area (Å²) >= 11 is 7.55. The van der Waals surface area contributed by atoms with E-state index in [1.807, 2.05) is 16.8 Å². The highest BCUT2D eigenvalue weighted by atomic mass is 35.5. The number of sulfonamides is 1. The van der Waals surface area contributed by atoms with Crippen LogP contribution in [-0.2, 0) is 34.2 Å². The number of terminal acetylenes is 1. The minimum atomic E-state index is -3.70. The second-order valence-electron chi connectivity index (χ2n) is 7.58. The molecule has 35 heavy (non-hydrogen) atoms. The molecule has 0 spiro atoms. The van der Waals surface area contributed by atoms with Gasteiger partial charge >= 0.3 is 0 Å². The first-order valence-corrected chi connectivity index (χ1v) is 13.2. The number of nitro groups is 1. The number of hydrogen-bond acceptors (Lipinski definition) is 6. The summed E-state index contributed by atoms with van der Waals surface area (Å²) < 4.78 is 26.7. The van der Waals surface area contributed by atoms with Crippen LogP contribution in [0.5, 0.6) is 0 Å². The largest absolute Gasteiger partial charge is 0.337 e. The Balaban J connectivity index is 1.79. The predicted molar refractivity (Wildman–Crippen MR) is 136 cm³/mol. The van der Waals surface area contributed by atoms with Gasteiger partial charge in [-0.05, 0) is 58.6 Å². The molecule has 2 aromatic carbocycles. The summed E-state index contributed by atoms with van der Waals surface area (Å²) in [7, 11) is -3.70. The Labute approximate surface area is 212 Å². The van der Waals surface area contributed by atoms with Gasteiger partial charge in [0, 0.05) is 17.6 Å². The van der Waals surface area contributed by atoms with Gasteiger partial charge in [0.25, 0.3) is 5.69 Å². The number of hydrogen-bond donors (Lipinski definition) is 1. The molecule has 0 aliphatic rings. The van der Waals surface area contributed by atoms with Crippen LogP contribution < -0.4 is 4.72 Å². The lowest BCUT2D eigenvalue weighted by atomic mass is 10.1. The Hall–Kier alpha value is -3.23. The number of halogens is 1. The highest BCUT2D eigenvalue weighted by Crippen LogP contribution is 2.25. The Kier molecular flexibility index (Phi) is 9.01. The normalized spacial score (nSPS) is 11.1. The summed E-state index contributed by atoms with van der Waals surface area (Å²) in [6.07, 6.45) is 5.69. The average molecular weight is 532 g/mol. The quantitative estimate of drug-likeness (QED) is 0.228. The molecule has 1 N–H and O–H groups in total. The van der Waals surface area contributed by atoms with Gasteiger partial charge in [-0.15, -0.1) is 6.42 Å². The SMILES string of the molecule is C#CCNS(=O)(=O)c1ccc(CCN(Cc2cc(Cl)ccc2[N+](=O)[O-])C(=O)Cc2ccsc2)cc1. The van der Waals surface area contributed by atoms with Crippen LogP contribution in [0.4, 0.5) is 5.69 Å². The number of nitrogens with zero attached hydrogens (tertiary/aromatic N) is 2. The van der Waals surface area contributed by atoms with Crippen molar-refractivity contribution in [1.82, 2.24) is 9.62 Å². The van der Waals surface area contributed by atoms with Crippen LogP contribution in [0.2, 0.25) is 5.02 Å². The van der Waals surface area contributed by atoms with Crippen molar-refractivity contribution in [3.05, 3.63) is 91.1 Å². The van der Waals surface area contributed by atoms with Crippen LogP contribution in [0.25, 0.3) is 0 Å². The summed E-state index contributed by atoms with van der Waals surface area (Å²) in [5.41, 5.74) is 1.88. The molecule has 11 heteroatoms. The smallest absolute Gasteiger partial charge is 0.274 e. The average Bonchev–Trinajstić information content (AvgIpc) is 3.33. The van der Waals surface area contributed by atoms with Gasteiger partial charge in [-0.3, -0.25) is 14.9 Å². The van der Waals surface area contributed by atoms with Crippen LogP contribution >= 0.6 is 22.9 Å². The van der Waals surface area contributed by atoms with Crippen molar-refractivity contribution >= 4 is 44.6 Å². The predicted octanol–water partition coefficient (Wildman–Crippen LogP) is 4.04. The van der Waals surface area contributed by atoms with Crippen molar-refractivity contribution in [2.24, 2.45) is 0 Å². The Morgan fingerprint density at radius 1 is 1.17 bits per heavy atom. The molecule has 0 saturated carbocycles. The van der Waals surface area contributed by atoms with E-state index in [-0.39, 0.29) is 42.5 Å². The maximum absolute atomic E-state index is 13.1. The topological polar surface area (TPSA) is 110 Å². The fourth-order valence-electron chi connectivity index (χ4n) is 3.36. The molecule has 0 radical (unpaired) electrons. The number of nitrogens with one attached hydrogen (secondary N) is 1. The molecule has 0 aliphatic heterocycles. The molecular formula is C24H22ClN3O5S2. The van der Waals surface area contributed by atoms with Crippen molar-refractivity contribution in [3.63, 3.8) is 0 Å². The van der Waals surface area contributed by atoms with Crippen LogP contribution in [0.3, 0.4) is 0 Å². The molecule has 0 saturated heterocycles. The van der Waals surface area contributed by atoms with Gasteiger partial charge in [-0.1, -0.05) is 29.7 Å². The lowest BCUT2D eigenvalue weighted by molar-refractivity contribution is -0.385. The minimum Gasteiger partial charge on any atom is -0.337 e. The summed E-state index contributed by atoms with van der Waals surface area (Å²) in [6.45, 7) is 0.178. The van der Waals surface area contributed by atoms with Gasteiger partial charge in [0.05, 0.1) is 34.9 Å². The molecule has 3 aromatic rings. The van der Waals surface area contributed by atoms with Crippen molar-refractivity contribution < 1.29 is 18.1 Å². The lowest BCUT2D eigenvalue weighted by Gasteiger charge is -2.23. The molecule has 0 fully saturated rings. The summed E-state index contributed by atoms with van der Waals surface area (Å²) in [5.74, 6) is 2.04. The molecule has 1 aromatic heterocycles. The number of amides is 1. The zero-order valence-electron chi connectivity index (χ0n) is 18.5. The Bertz CT molecular complexity index is 1330. The Morgan fingerprint density at radius 3 is 2.54 bits per heavy atom. The van der Waals surface area contributed by atoms with Crippen LogP contribution in [0.15, 0.2) is 64.2 Å². The van der Waals surface area contributed by atoms with Crippen LogP contribution in [-0.4, -0.2) is 37.2 Å². The highest BCUT2D eigenvalue weighted by Gasteiger charge is 2.21. The Morgan fingerprint density at radius 2 is 1.91 bits per heavy atom. The third-order valence-electron chi connectivity index (χ3n) is 5.16. The van der Waals surface area contributed by atoms with Crippen molar-refractivity contribution in [3.8, 4) is 12.3 Å². The standard InChI is InChI=1S/C24H22ClN3O5S2/c1-2-11-26-35(32,33)22-6-3-18(4-7-22)9-12-27(24(29)14-19-10-13-34-17-19)16-20-15-21(25)5-8-23(20)28(30)31/h1,3-8,10,13,15,17,26H,9,11-12,14,16H2. The molecule has 0 aliphatic carbocycles. The second-order valence-corrected chi connectivity index (χ2v) is 10.6. The van der Waals surface area contributed by atoms with E-state index in [2.05, 4.69) is 10.6 Å². The van der Waals surface area contributed by atoms with Gasteiger partial charge in [-0.2, -0.15) is 16.1 Å². The van der Waals surface area contributed by atoms with E-state index >= 15 is 0 Å². The van der Waals surface area contributed by atoms with Crippen LogP contribution in [0.1, 0.15) is 16.7 Å². The number of carbonyl (C=O) groups is 1. The maximum atomic E-state index is 13.1. The molecule has 8 nitrogen and oxygen atoms in total. The van der Waals surface area contributed by atoms with Gasteiger partial charge in [0.15, 0.2) is 0 Å². The molecule has 0 bridgehead atoms. The van der Waals surface area contributed by atoms with Crippen molar-refractivity contribution in [2.75, 3.05) is 13.1 Å². The monoisotopic (exact) mass is 531 g/mol. The van der Waals surface area contributed by atoms with Gasteiger partial charge in [-0.25, -0.2) is 8.42 Å².